The molecule has 0 amide bonds. The van der Waals surface area contributed by atoms with Gasteiger partial charge in [-0.2, -0.15) is 0 Å². The van der Waals surface area contributed by atoms with Crippen LogP contribution in [0.4, 0.5) is 0 Å². The fraction of sp³-hybridized carbons (Fsp3) is 0.273. The number of aromatic nitrogens is 1. The van der Waals surface area contributed by atoms with Gasteiger partial charge in [-0.15, -0.1) is 0 Å². The molecule has 0 aliphatic heterocycles. The Hall–Kier alpha value is -2.93. The molecule has 0 aliphatic rings. The van der Waals surface area contributed by atoms with Crippen LogP contribution in [0.3, 0.4) is 0 Å². The molecule has 0 saturated carbocycles. The van der Waals surface area contributed by atoms with Crippen LogP contribution in [0, 0.1) is 6.92 Å². The highest BCUT2D eigenvalue weighted by molar-refractivity contribution is 7.92. The highest BCUT2D eigenvalue weighted by Gasteiger charge is 2.43. The summed E-state index contributed by atoms with van der Waals surface area (Å²) in [4.78, 5) is 24.3. The molecule has 0 radical (unpaired) electrons. The topological polar surface area (TPSA) is 93.4 Å². The van der Waals surface area contributed by atoms with Gasteiger partial charge in [-0.1, -0.05) is 35.9 Å². The van der Waals surface area contributed by atoms with Gasteiger partial charge in [-0.3, -0.25) is 9.59 Å². The van der Waals surface area contributed by atoms with E-state index in [1.54, 1.807) is 18.3 Å². The molecule has 0 bridgehead atoms. The van der Waals surface area contributed by atoms with Crippen molar-refractivity contribution in [3.63, 3.8) is 0 Å². The zero-order valence-electron chi connectivity index (χ0n) is 16.5. The predicted molar refractivity (Wildman–Crippen MR) is 114 cm³/mol. The summed E-state index contributed by atoms with van der Waals surface area (Å²) in [7, 11) is -3.84. The van der Waals surface area contributed by atoms with Crippen LogP contribution >= 0.6 is 0 Å². The van der Waals surface area contributed by atoms with Gasteiger partial charge in [0, 0.05) is 24.4 Å². The van der Waals surface area contributed by atoms with Crippen LogP contribution in [-0.2, 0) is 21.2 Å². The van der Waals surface area contributed by atoms with Crippen LogP contribution < -0.4 is 5.56 Å². The van der Waals surface area contributed by atoms with Gasteiger partial charge >= 0.3 is 5.97 Å². The number of benzene rings is 2. The second-order valence-electron chi connectivity index (χ2n) is 7.54. The number of carboxylic acids is 1. The predicted octanol–water partition coefficient (Wildman–Crippen LogP) is 3.25. The Morgan fingerprint density at radius 3 is 2.28 bits per heavy atom. The van der Waals surface area contributed by atoms with Crippen LogP contribution in [0.15, 0.2) is 59.5 Å². The molecular weight excluding hydrogens is 390 g/mol. The minimum absolute atomic E-state index is 0.00957. The second-order valence-corrected chi connectivity index (χ2v) is 9.99. The molecule has 1 atom stereocenters. The molecule has 1 unspecified atom stereocenters. The van der Waals surface area contributed by atoms with E-state index in [-0.39, 0.29) is 18.5 Å². The van der Waals surface area contributed by atoms with Gasteiger partial charge in [0.25, 0.3) is 5.56 Å². The minimum Gasteiger partial charge on any atom is -0.480 e. The summed E-state index contributed by atoms with van der Waals surface area (Å²) in [6.45, 7) is 3.18. The molecule has 3 rings (SSSR count). The van der Waals surface area contributed by atoms with Gasteiger partial charge in [0.05, 0.1) is 0 Å². The van der Waals surface area contributed by atoms with Crippen molar-refractivity contribution in [2.24, 2.45) is 0 Å². The highest BCUT2D eigenvalue weighted by Crippen LogP contribution is 2.25. The summed E-state index contributed by atoms with van der Waals surface area (Å²) in [6.07, 6.45) is 2.28. The number of rotatable bonds is 6. The normalized spacial score (nSPS) is 13.9. The van der Waals surface area contributed by atoms with Crippen LogP contribution in [0.5, 0.6) is 0 Å². The van der Waals surface area contributed by atoms with E-state index in [0.29, 0.717) is 5.39 Å². The van der Waals surface area contributed by atoms with Crippen molar-refractivity contribution in [3.05, 3.63) is 70.6 Å². The first-order valence-corrected chi connectivity index (χ1v) is 11.1. The van der Waals surface area contributed by atoms with Gasteiger partial charge in [0.1, 0.15) is 0 Å². The van der Waals surface area contributed by atoms with Crippen molar-refractivity contribution in [2.45, 2.75) is 31.6 Å². The van der Waals surface area contributed by atoms with E-state index in [4.69, 9.17) is 0 Å². The van der Waals surface area contributed by atoms with E-state index in [1.165, 1.54) is 17.1 Å². The summed E-state index contributed by atoms with van der Waals surface area (Å²) in [6, 6.07) is 15.4. The lowest BCUT2D eigenvalue weighted by Crippen LogP contribution is -2.44. The molecule has 3 aromatic rings. The summed E-state index contributed by atoms with van der Waals surface area (Å²) in [5, 5.41) is 10.6. The number of fused-ring (bicyclic) bond motifs is 1. The maximum Gasteiger partial charge on any atom is 0.324 e. The fourth-order valence-corrected chi connectivity index (χ4v) is 3.95. The number of carboxylic acid groups (broad SMARTS) is 1. The number of hydrogen-bond donors (Lipinski definition) is 1. The SMILES string of the molecule is Cc1ccc(-c2ccc3c(=O)n(CCC(C)(C(=O)O)S(C)(=O)=O)ccc3c2)cc1. The third-order valence-electron chi connectivity index (χ3n) is 5.46. The number of nitrogens with zero attached hydrogens (tertiary/aromatic N) is 1. The van der Waals surface area contributed by atoms with Crippen molar-refractivity contribution in [2.75, 3.05) is 6.26 Å². The van der Waals surface area contributed by atoms with Crippen molar-refractivity contribution >= 4 is 26.6 Å². The van der Waals surface area contributed by atoms with Crippen LogP contribution in [0.1, 0.15) is 18.9 Å². The fourth-order valence-electron chi connectivity index (χ4n) is 3.17. The average molecular weight is 413 g/mol. The zero-order valence-corrected chi connectivity index (χ0v) is 17.4. The molecule has 0 saturated heterocycles. The number of sulfone groups is 1. The molecule has 1 N–H and O–H groups in total. The number of aryl methyl sites for hydroxylation is 2. The van der Waals surface area contributed by atoms with Gasteiger partial charge in [0.15, 0.2) is 14.6 Å². The van der Waals surface area contributed by atoms with Gasteiger partial charge in [-0.05, 0) is 55.0 Å². The number of carbonyl (C=O) groups is 1. The first-order valence-electron chi connectivity index (χ1n) is 9.16. The quantitative estimate of drug-likeness (QED) is 0.669. The number of hydrogen-bond acceptors (Lipinski definition) is 4. The second kappa shape index (κ2) is 7.48. The molecule has 0 aliphatic carbocycles. The smallest absolute Gasteiger partial charge is 0.324 e. The van der Waals surface area contributed by atoms with Crippen LogP contribution in [0.25, 0.3) is 21.9 Å². The van der Waals surface area contributed by atoms with E-state index >= 15 is 0 Å². The van der Waals surface area contributed by atoms with E-state index in [0.717, 1.165) is 22.8 Å². The maximum absolute atomic E-state index is 12.8. The third kappa shape index (κ3) is 3.96. The largest absolute Gasteiger partial charge is 0.480 e. The zero-order chi connectivity index (χ0) is 21.4. The van der Waals surface area contributed by atoms with Gasteiger partial charge < -0.3 is 9.67 Å². The molecule has 2 aromatic carbocycles. The first kappa shape index (κ1) is 20.8. The molecular formula is C22H23NO5S. The Balaban J connectivity index is 1.95. The summed E-state index contributed by atoms with van der Waals surface area (Å²) in [5.41, 5.74) is 2.93. The highest BCUT2D eigenvalue weighted by atomic mass is 32.2. The summed E-state index contributed by atoms with van der Waals surface area (Å²) < 4.78 is 23.3. The van der Waals surface area contributed by atoms with Crippen LogP contribution in [-0.4, -0.2) is 35.1 Å². The van der Waals surface area contributed by atoms with E-state index < -0.39 is 20.6 Å². The van der Waals surface area contributed by atoms with Gasteiger partial charge in [-0.25, -0.2) is 8.42 Å². The Kier molecular flexibility index (Phi) is 5.36. The first-order chi connectivity index (χ1) is 13.5. The number of aliphatic carboxylic acids is 1. The lowest BCUT2D eigenvalue weighted by atomic mass is 10.0. The van der Waals surface area contributed by atoms with Crippen molar-refractivity contribution < 1.29 is 18.3 Å². The molecule has 152 valence electrons. The minimum atomic E-state index is -3.84. The summed E-state index contributed by atoms with van der Waals surface area (Å²) >= 11 is 0. The van der Waals surface area contributed by atoms with Crippen molar-refractivity contribution in [1.29, 1.82) is 0 Å². The molecule has 0 spiro atoms. The van der Waals surface area contributed by atoms with E-state index in [9.17, 15) is 23.1 Å². The monoisotopic (exact) mass is 413 g/mol. The Morgan fingerprint density at radius 1 is 1.07 bits per heavy atom. The molecule has 1 heterocycles. The van der Waals surface area contributed by atoms with Crippen molar-refractivity contribution in [1.82, 2.24) is 4.57 Å². The third-order valence-corrected chi connectivity index (χ3v) is 7.48. The average Bonchev–Trinajstić information content (AvgIpc) is 2.66. The Bertz CT molecular complexity index is 1240. The molecule has 0 fully saturated rings. The maximum atomic E-state index is 12.8. The molecule has 7 heteroatoms. The lowest BCUT2D eigenvalue weighted by Gasteiger charge is -2.23. The molecule has 29 heavy (non-hydrogen) atoms. The lowest BCUT2D eigenvalue weighted by molar-refractivity contribution is -0.139. The van der Waals surface area contributed by atoms with Crippen molar-refractivity contribution in [3.8, 4) is 11.1 Å². The van der Waals surface area contributed by atoms with Crippen LogP contribution in [0.2, 0.25) is 0 Å². The summed E-state index contributed by atoms with van der Waals surface area (Å²) in [5.74, 6) is -1.42. The molecule has 6 nitrogen and oxygen atoms in total. The van der Waals surface area contributed by atoms with E-state index in [2.05, 4.69) is 0 Å². The van der Waals surface area contributed by atoms with Gasteiger partial charge in [0.2, 0.25) is 0 Å². The standard InChI is InChI=1S/C22H23NO5S/c1-15-4-6-16(7-5-15)17-8-9-19-18(14-17)10-12-23(20(19)24)13-11-22(2,21(25)26)29(3,27)28/h4-10,12,14H,11,13H2,1-3H3,(H,25,26). The number of pyridine rings is 1. The Morgan fingerprint density at radius 2 is 1.69 bits per heavy atom. The molecule has 1 aromatic heterocycles. The Labute approximate surface area is 169 Å². The van der Waals surface area contributed by atoms with E-state index in [1.807, 2.05) is 43.3 Å².